The van der Waals surface area contributed by atoms with Crippen LogP contribution in [-0.2, 0) is 16.6 Å². The molecule has 5 nitrogen and oxygen atoms in total. The van der Waals surface area contributed by atoms with Crippen molar-refractivity contribution in [2.45, 2.75) is 44.2 Å². The Labute approximate surface area is 120 Å². The van der Waals surface area contributed by atoms with Crippen molar-refractivity contribution in [3.8, 4) is 5.75 Å². The summed E-state index contributed by atoms with van der Waals surface area (Å²) in [5.41, 5.74) is 6.36. The second-order valence-corrected chi connectivity index (χ2v) is 7.02. The number of nitrogens with one attached hydrogen (secondary N) is 1. The van der Waals surface area contributed by atoms with Crippen molar-refractivity contribution in [1.29, 1.82) is 0 Å². The first-order chi connectivity index (χ1) is 9.46. The van der Waals surface area contributed by atoms with Gasteiger partial charge in [0, 0.05) is 18.2 Å². The second-order valence-electron chi connectivity index (χ2n) is 5.30. The van der Waals surface area contributed by atoms with Crippen LogP contribution in [0, 0.1) is 5.92 Å². The number of sulfonamides is 1. The average molecular weight is 298 g/mol. The van der Waals surface area contributed by atoms with Gasteiger partial charge in [-0.25, -0.2) is 13.1 Å². The highest BCUT2D eigenvalue weighted by molar-refractivity contribution is 7.89. The topological polar surface area (TPSA) is 81.4 Å². The molecule has 0 atom stereocenters. The predicted molar refractivity (Wildman–Crippen MR) is 78.0 cm³/mol. The van der Waals surface area contributed by atoms with Crippen molar-refractivity contribution in [1.82, 2.24) is 4.72 Å². The van der Waals surface area contributed by atoms with Gasteiger partial charge >= 0.3 is 0 Å². The number of nitrogens with two attached hydrogens (primary N) is 1. The van der Waals surface area contributed by atoms with Gasteiger partial charge in [-0.15, -0.1) is 0 Å². The van der Waals surface area contributed by atoms with Crippen molar-refractivity contribution in [3.05, 3.63) is 23.8 Å². The molecule has 0 unspecified atom stereocenters. The van der Waals surface area contributed by atoms with Crippen LogP contribution in [0.5, 0.6) is 5.75 Å². The summed E-state index contributed by atoms with van der Waals surface area (Å²) in [4.78, 5) is 0.251. The predicted octanol–water partition coefficient (Wildman–Crippen LogP) is 1.62. The molecule has 0 spiro atoms. The zero-order valence-electron chi connectivity index (χ0n) is 11.9. The molecular formula is C14H22N2O3S. The van der Waals surface area contributed by atoms with Gasteiger partial charge in [0.2, 0.25) is 10.0 Å². The lowest BCUT2D eigenvalue weighted by Gasteiger charge is -2.32. The first-order valence-electron chi connectivity index (χ1n) is 6.94. The fourth-order valence-electron chi connectivity index (χ4n) is 2.46. The van der Waals surface area contributed by atoms with E-state index in [0.717, 1.165) is 12.8 Å². The molecule has 1 aliphatic carbocycles. The summed E-state index contributed by atoms with van der Waals surface area (Å²) in [6.45, 7) is 4.77. The standard InChI is InChI=1S/C14H22N2O3S/c1-3-19-14-5-4-13(8-11(14)9-15)20(17,18)16-12-6-10(2)7-12/h4-5,8,10,12,16H,3,6-7,9,15H2,1-2H3. The minimum atomic E-state index is -3.47. The van der Waals surface area contributed by atoms with Crippen LogP contribution in [0.25, 0.3) is 0 Å². The van der Waals surface area contributed by atoms with E-state index in [-0.39, 0.29) is 17.5 Å². The largest absolute Gasteiger partial charge is 0.494 e. The molecule has 1 aromatic rings. The lowest BCUT2D eigenvalue weighted by atomic mass is 9.83. The van der Waals surface area contributed by atoms with Crippen molar-refractivity contribution >= 4 is 10.0 Å². The van der Waals surface area contributed by atoms with Gasteiger partial charge in [-0.05, 0) is 43.9 Å². The van der Waals surface area contributed by atoms with Crippen LogP contribution in [0.1, 0.15) is 32.3 Å². The summed E-state index contributed by atoms with van der Waals surface area (Å²) < 4.78 is 32.7. The number of hydrogen-bond acceptors (Lipinski definition) is 4. The number of benzene rings is 1. The molecule has 3 N–H and O–H groups in total. The zero-order valence-corrected chi connectivity index (χ0v) is 12.7. The maximum absolute atomic E-state index is 12.3. The van der Waals surface area contributed by atoms with Gasteiger partial charge in [0.15, 0.2) is 0 Å². The molecule has 1 saturated carbocycles. The monoisotopic (exact) mass is 298 g/mol. The first-order valence-corrected chi connectivity index (χ1v) is 8.42. The Morgan fingerprint density at radius 3 is 2.65 bits per heavy atom. The summed E-state index contributed by atoms with van der Waals surface area (Å²) in [5, 5.41) is 0. The van der Waals surface area contributed by atoms with Gasteiger partial charge in [0.05, 0.1) is 11.5 Å². The molecule has 0 saturated heterocycles. The summed E-state index contributed by atoms with van der Waals surface area (Å²) in [7, 11) is -3.47. The Kier molecular flexibility index (Phi) is 4.67. The Morgan fingerprint density at radius 2 is 2.10 bits per heavy atom. The third-order valence-corrected chi connectivity index (χ3v) is 5.08. The second kappa shape index (κ2) is 6.11. The van der Waals surface area contributed by atoms with E-state index in [0.29, 0.717) is 23.8 Å². The van der Waals surface area contributed by atoms with Crippen LogP contribution in [0.2, 0.25) is 0 Å². The third kappa shape index (κ3) is 3.31. The van der Waals surface area contributed by atoms with E-state index in [4.69, 9.17) is 10.5 Å². The molecule has 0 heterocycles. The first kappa shape index (κ1) is 15.3. The minimum absolute atomic E-state index is 0.0582. The summed E-state index contributed by atoms with van der Waals surface area (Å²) in [6, 6.07) is 4.89. The lowest BCUT2D eigenvalue weighted by Crippen LogP contribution is -2.43. The SMILES string of the molecule is CCOc1ccc(S(=O)(=O)NC2CC(C)C2)cc1CN. The normalized spacial score (nSPS) is 22.4. The van der Waals surface area contributed by atoms with Gasteiger partial charge < -0.3 is 10.5 Å². The molecular weight excluding hydrogens is 276 g/mol. The van der Waals surface area contributed by atoms with Gasteiger partial charge in [0.1, 0.15) is 5.75 Å². The Balaban J connectivity index is 2.18. The molecule has 0 radical (unpaired) electrons. The summed E-state index contributed by atoms with van der Waals surface area (Å²) in [5.74, 6) is 1.24. The number of rotatable bonds is 6. The van der Waals surface area contributed by atoms with Crippen LogP contribution in [-0.4, -0.2) is 21.1 Å². The van der Waals surface area contributed by atoms with Crippen LogP contribution in [0.4, 0.5) is 0 Å². The molecule has 1 fully saturated rings. The van der Waals surface area contributed by atoms with E-state index >= 15 is 0 Å². The molecule has 1 aliphatic rings. The van der Waals surface area contributed by atoms with E-state index in [1.807, 2.05) is 6.92 Å². The lowest BCUT2D eigenvalue weighted by molar-refractivity contribution is 0.270. The maximum Gasteiger partial charge on any atom is 0.240 e. The summed E-state index contributed by atoms with van der Waals surface area (Å²) in [6.07, 6.45) is 1.81. The fraction of sp³-hybridized carbons (Fsp3) is 0.571. The van der Waals surface area contributed by atoms with E-state index in [1.165, 1.54) is 0 Å². The fourth-order valence-corrected chi connectivity index (χ4v) is 3.78. The quantitative estimate of drug-likeness (QED) is 0.836. The highest BCUT2D eigenvalue weighted by atomic mass is 32.2. The Hall–Kier alpha value is -1.11. The molecule has 0 bridgehead atoms. The highest BCUT2D eigenvalue weighted by Crippen LogP contribution is 2.28. The zero-order chi connectivity index (χ0) is 14.8. The van der Waals surface area contributed by atoms with Crippen LogP contribution < -0.4 is 15.2 Å². The third-order valence-electron chi connectivity index (χ3n) is 3.56. The van der Waals surface area contributed by atoms with Gasteiger partial charge in [0.25, 0.3) is 0 Å². The van der Waals surface area contributed by atoms with Gasteiger partial charge in [-0.3, -0.25) is 0 Å². The van der Waals surface area contributed by atoms with Gasteiger partial charge in [-0.1, -0.05) is 6.92 Å². The van der Waals surface area contributed by atoms with Crippen molar-refractivity contribution < 1.29 is 13.2 Å². The van der Waals surface area contributed by atoms with Crippen LogP contribution in [0.15, 0.2) is 23.1 Å². The van der Waals surface area contributed by atoms with E-state index < -0.39 is 10.0 Å². The molecule has 112 valence electrons. The van der Waals surface area contributed by atoms with E-state index in [9.17, 15) is 8.42 Å². The molecule has 6 heteroatoms. The number of ether oxygens (including phenoxy) is 1. The smallest absolute Gasteiger partial charge is 0.240 e. The molecule has 0 aromatic heterocycles. The molecule has 2 rings (SSSR count). The molecule has 1 aromatic carbocycles. The van der Waals surface area contributed by atoms with Crippen molar-refractivity contribution in [2.24, 2.45) is 11.7 Å². The average Bonchev–Trinajstić information content (AvgIpc) is 2.37. The maximum atomic E-state index is 12.3. The molecule has 0 amide bonds. The van der Waals surface area contributed by atoms with E-state index in [1.54, 1.807) is 18.2 Å². The van der Waals surface area contributed by atoms with Crippen molar-refractivity contribution in [2.75, 3.05) is 6.61 Å². The molecule has 0 aliphatic heterocycles. The number of hydrogen-bond donors (Lipinski definition) is 2. The summed E-state index contributed by atoms with van der Waals surface area (Å²) >= 11 is 0. The van der Waals surface area contributed by atoms with Crippen LogP contribution in [0.3, 0.4) is 0 Å². The van der Waals surface area contributed by atoms with Crippen molar-refractivity contribution in [3.63, 3.8) is 0 Å². The van der Waals surface area contributed by atoms with Gasteiger partial charge in [-0.2, -0.15) is 0 Å². The van der Waals surface area contributed by atoms with Crippen LogP contribution >= 0.6 is 0 Å². The van der Waals surface area contributed by atoms with E-state index in [2.05, 4.69) is 11.6 Å². The molecule has 20 heavy (non-hydrogen) atoms. The minimum Gasteiger partial charge on any atom is -0.494 e. The Bertz CT molecular complexity index is 566. The Morgan fingerprint density at radius 1 is 1.40 bits per heavy atom. The highest BCUT2D eigenvalue weighted by Gasteiger charge is 2.30.